The average Bonchev–Trinajstić information content (AvgIpc) is 2.66. The smallest absolute Gasteiger partial charge is 0.102 e. The summed E-state index contributed by atoms with van der Waals surface area (Å²) in [6.45, 7) is 3.72. The molecule has 0 spiro atoms. The Balaban J connectivity index is 2.59. The fourth-order valence-electron chi connectivity index (χ4n) is 1.66. The van der Waals surface area contributed by atoms with E-state index in [1.54, 1.807) is 16.8 Å². The van der Waals surface area contributed by atoms with E-state index in [4.69, 9.17) is 40.5 Å². The van der Waals surface area contributed by atoms with Crippen molar-refractivity contribution in [2.45, 2.75) is 19.9 Å². The van der Waals surface area contributed by atoms with Crippen LogP contribution in [0.1, 0.15) is 24.4 Å². The van der Waals surface area contributed by atoms with Gasteiger partial charge < -0.3 is 5.73 Å². The number of nitrogens with zero attached hydrogens (tertiary/aromatic N) is 3. The lowest BCUT2D eigenvalue weighted by Crippen LogP contribution is -2.08. The summed E-state index contributed by atoms with van der Waals surface area (Å²) in [6.07, 6.45) is 0. The Kier molecular flexibility index (Phi) is 3.82. The number of nitrogens with two attached hydrogens (primary N) is 1. The highest BCUT2D eigenvalue weighted by atomic mass is 35.5. The summed E-state index contributed by atoms with van der Waals surface area (Å²) in [5, 5.41) is 9.34. The molecule has 2 aromatic rings. The maximum Gasteiger partial charge on any atom is 0.102 e. The molecule has 0 fully saturated rings. The van der Waals surface area contributed by atoms with Crippen LogP contribution in [0.3, 0.4) is 0 Å². The molecule has 18 heavy (non-hydrogen) atoms. The molecule has 4 nitrogen and oxygen atoms in total. The fourth-order valence-corrected chi connectivity index (χ4v) is 2.29. The van der Waals surface area contributed by atoms with Gasteiger partial charge >= 0.3 is 0 Å². The van der Waals surface area contributed by atoms with E-state index < -0.39 is 0 Å². The molecular formula is C11H11Cl3N4. The molecule has 0 aliphatic rings. The highest BCUT2D eigenvalue weighted by Gasteiger charge is 2.16. The molecule has 0 aliphatic carbocycles. The molecule has 0 radical (unpaired) electrons. The van der Waals surface area contributed by atoms with E-state index in [0.717, 1.165) is 11.4 Å². The number of hydrogen-bond acceptors (Lipinski definition) is 3. The Morgan fingerprint density at radius 2 is 1.78 bits per heavy atom. The lowest BCUT2D eigenvalue weighted by Gasteiger charge is -2.08. The van der Waals surface area contributed by atoms with Crippen LogP contribution < -0.4 is 5.73 Å². The number of aromatic nitrogens is 3. The fraction of sp³-hybridized carbons (Fsp3) is 0.273. The van der Waals surface area contributed by atoms with Gasteiger partial charge in [0.1, 0.15) is 5.69 Å². The third-order valence-electron chi connectivity index (χ3n) is 2.58. The summed E-state index contributed by atoms with van der Waals surface area (Å²) < 4.78 is 1.60. The summed E-state index contributed by atoms with van der Waals surface area (Å²) in [6, 6.07) is 3.03. The zero-order chi connectivity index (χ0) is 13.4. The normalized spacial score (nSPS) is 12.8. The maximum absolute atomic E-state index is 6.13. The zero-order valence-corrected chi connectivity index (χ0v) is 12.1. The Bertz CT molecular complexity index is 592. The van der Waals surface area contributed by atoms with Gasteiger partial charge in [0.2, 0.25) is 0 Å². The maximum atomic E-state index is 6.13. The summed E-state index contributed by atoms with van der Waals surface area (Å²) in [4.78, 5) is 0. The predicted molar refractivity (Wildman–Crippen MR) is 73.7 cm³/mol. The van der Waals surface area contributed by atoms with Crippen LogP contribution in [-0.4, -0.2) is 15.0 Å². The third kappa shape index (κ3) is 2.34. The average molecular weight is 306 g/mol. The van der Waals surface area contributed by atoms with Crippen molar-refractivity contribution in [2.24, 2.45) is 5.73 Å². The van der Waals surface area contributed by atoms with E-state index in [9.17, 15) is 0 Å². The molecule has 1 atom stereocenters. The molecule has 0 saturated carbocycles. The second kappa shape index (κ2) is 5.05. The molecule has 0 bridgehead atoms. The molecule has 0 saturated heterocycles. The largest absolute Gasteiger partial charge is 0.323 e. The van der Waals surface area contributed by atoms with Crippen LogP contribution in [-0.2, 0) is 0 Å². The molecule has 1 aromatic carbocycles. The van der Waals surface area contributed by atoms with Crippen molar-refractivity contribution in [1.82, 2.24) is 15.0 Å². The van der Waals surface area contributed by atoms with Crippen molar-refractivity contribution in [3.63, 3.8) is 0 Å². The van der Waals surface area contributed by atoms with Crippen LogP contribution in [0.15, 0.2) is 12.1 Å². The van der Waals surface area contributed by atoms with Gasteiger partial charge in [0.05, 0.1) is 26.4 Å². The molecule has 1 aromatic heterocycles. The first-order valence-corrected chi connectivity index (χ1v) is 6.38. The van der Waals surface area contributed by atoms with E-state index in [1.807, 2.05) is 13.8 Å². The van der Waals surface area contributed by atoms with E-state index in [2.05, 4.69) is 10.3 Å². The van der Waals surface area contributed by atoms with E-state index in [-0.39, 0.29) is 6.04 Å². The van der Waals surface area contributed by atoms with Gasteiger partial charge in [-0.15, -0.1) is 5.10 Å². The summed E-state index contributed by atoms with van der Waals surface area (Å²) in [5.74, 6) is 0. The number of hydrogen-bond donors (Lipinski definition) is 1. The molecule has 96 valence electrons. The highest BCUT2D eigenvalue weighted by molar-refractivity contribution is 6.43. The van der Waals surface area contributed by atoms with Gasteiger partial charge in [-0.2, -0.15) is 0 Å². The minimum Gasteiger partial charge on any atom is -0.323 e. The Morgan fingerprint density at radius 3 is 2.33 bits per heavy atom. The second-order valence-electron chi connectivity index (χ2n) is 3.98. The van der Waals surface area contributed by atoms with Gasteiger partial charge in [0.15, 0.2) is 0 Å². The van der Waals surface area contributed by atoms with Crippen LogP contribution in [0.5, 0.6) is 0 Å². The quantitative estimate of drug-likeness (QED) is 0.863. The van der Waals surface area contributed by atoms with Crippen molar-refractivity contribution in [1.29, 1.82) is 0 Å². The van der Waals surface area contributed by atoms with Gasteiger partial charge in [0, 0.05) is 6.04 Å². The van der Waals surface area contributed by atoms with Crippen LogP contribution in [0, 0.1) is 6.92 Å². The van der Waals surface area contributed by atoms with Crippen LogP contribution in [0.4, 0.5) is 0 Å². The zero-order valence-electron chi connectivity index (χ0n) is 9.78. The number of benzene rings is 1. The number of halogens is 3. The van der Waals surface area contributed by atoms with Gasteiger partial charge in [-0.1, -0.05) is 40.0 Å². The summed E-state index contributed by atoms with van der Waals surface area (Å²) >= 11 is 18.0. The van der Waals surface area contributed by atoms with Crippen molar-refractivity contribution < 1.29 is 0 Å². The van der Waals surface area contributed by atoms with Crippen molar-refractivity contribution in [3.05, 3.63) is 38.6 Å². The molecular weight excluding hydrogens is 295 g/mol. The first-order chi connectivity index (χ1) is 8.41. The van der Waals surface area contributed by atoms with E-state index in [0.29, 0.717) is 20.8 Å². The van der Waals surface area contributed by atoms with Crippen molar-refractivity contribution in [3.8, 4) is 5.69 Å². The van der Waals surface area contributed by atoms with Gasteiger partial charge in [-0.25, -0.2) is 4.68 Å². The van der Waals surface area contributed by atoms with Crippen LogP contribution >= 0.6 is 34.8 Å². The predicted octanol–water partition coefficient (Wildman–Crippen LogP) is 3.56. The third-order valence-corrected chi connectivity index (χ3v) is 3.60. The van der Waals surface area contributed by atoms with Crippen molar-refractivity contribution in [2.75, 3.05) is 0 Å². The first kappa shape index (κ1) is 13.6. The minimum absolute atomic E-state index is 0.194. The standard InChI is InChI=1S/C11H11Cl3N4/c1-5(15)11-6(2)18(17-16-11)10-4-8(13)7(12)3-9(10)14/h3-5H,15H2,1-2H3. The van der Waals surface area contributed by atoms with Gasteiger partial charge in [-0.05, 0) is 26.0 Å². The Morgan fingerprint density at radius 1 is 1.17 bits per heavy atom. The lowest BCUT2D eigenvalue weighted by atomic mass is 10.2. The van der Waals surface area contributed by atoms with Gasteiger partial charge in [0.25, 0.3) is 0 Å². The van der Waals surface area contributed by atoms with Crippen LogP contribution in [0.2, 0.25) is 15.1 Å². The SMILES string of the molecule is Cc1c(C(C)N)nnn1-c1cc(Cl)c(Cl)cc1Cl. The topological polar surface area (TPSA) is 56.7 Å². The van der Waals surface area contributed by atoms with E-state index in [1.165, 1.54) is 0 Å². The molecule has 7 heteroatoms. The second-order valence-corrected chi connectivity index (χ2v) is 5.20. The first-order valence-electron chi connectivity index (χ1n) is 5.24. The monoisotopic (exact) mass is 304 g/mol. The molecule has 1 heterocycles. The molecule has 2 rings (SSSR count). The van der Waals surface area contributed by atoms with Crippen LogP contribution in [0.25, 0.3) is 5.69 Å². The Labute approximate surface area is 120 Å². The minimum atomic E-state index is -0.194. The molecule has 0 aliphatic heterocycles. The summed E-state index contributed by atoms with van der Waals surface area (Å²) in [7, 11) is 0. The molecule has 1 unspecified atom stereocenters. The summed E-state index contributed by atoms with van der Waals surface area (Å²) in [5.41, 5.74) is 7.97. The van der Waals surface area contributed by atoms with Gasteiger partial charge in [-0.3, -0.25) is 0 Å². The molecule has 2 N–H and O–H groups in total. The Hall–Kier alpha value is -0.810. The van der Waals surface area contributed by atoms with Crippen molar-refractivity contribution >= 4 is 34.8 Å². The van der Waals surface area contributed by atoms with E-state index >= 15 is 0 Å². The number of rotatable bonds is 2. The highest BCUT2D eigenvalue weighted by Crippen LogP contribution is 2.31. The molecule has 0 amide bonds. The lowest BCUT2D eigenvalue weighted by molar-refractivity contribution is 0.756.